The minimum atomic E-state index is -0.879. The fraction of sp³-hybridized carbons (Fsp3) is 0.143. The molecule has 0 aliphatic heterocycles. The lowest BCUT2D eigenvalue weighted by molar-refractivity contribution is 0.0938. The number of hydrogen-bond donors (Lipinski definition) is 2. The van der Waals surface area contributed by atoms with Crippen molar-refractivity contribution in [1.29, 1.82) is 0 Å². The number of aromatic nitrogens is 1. The molecule has 21 heavy (non-hydrogen) atoms. The number of benzene rings is 1. The van der Waals surface area contributed by atoms with Crippen LogP contribution in [0.25, 0.3) is 0 Å². The molecule has 1 amide bonds. The van der Waals surface area contributed by atoms with Gasteiger partial charge in [-0.1, -0.05) is 17.7 Å². The van der Waals surface area contributed by atoms with E-state index in [1.807, 2.05) is 0 Å². The Balaban J connectivity index is 2.25. The topological polar surface area (TPSA) is 68.0 Å². The van der Waals surface area contributed by atoms with E-state index >= 15 is 0 Å². The second-order valence-corrected chi connectivity index (χ2v) is 4.80. The molecule has 0 aliphatic rings. The summed E-state index contributed by atoms with van der Waals surface area (Å²) in [5, 5.41) is 2.42. The summed E-state index contributed by atoms with van der Waals surface area (Å²) in [7, 11) is 0. The van der Waals surface area contributed by atoms with Gasteiger partial charge in [0.15, 0.2) is 0 Å². The maximum absolute atomic E-state index is 13.6. The van der Waals surface area contributed by atoms with Gasteiger partial charge in [0.2, 0.25) is 0 Å². The van der Waals surface area contributed by atoms with E-state index in [4.69, 9.17) is 17.3 Å². The smallest absolute Gasteiger partial charge is 0.254 e. The number of carbonyl (C=O) groups excluding carboxylic acids is 1. The lowest BCUT2D eigenvalue weighted by atomic mass is 10.1. The standard InChI is InChI=1S/C14H12ClF2N3O/c1-7(12-10(16)3-2-4-11(12)17)20-14(21)9-5-8(18)6-19-13(9)15/h2-7H,18H2,1H3,(H,20,21). The van der Waals surface area contributed by atoms with Crippen molar-refractivity contribution in [2.24, 2.45) is 0 Å². The Hall–Kier alpha value is -2.21. The Morgan fingerprint density at radius 3 is 2.62 bits per heavy atom. The molecule has 2 aromatic rings. The first-order valence-electron chi connectivity index (χ1n) is 6.06. The third-order valence-electron chi connectivity index (χ3n) is 2.89. The molecule has 1 unspecified atom stereocenters. The van der Waals surface area contributed by atoms with E-state index in [2.05, 4.69) is 10.3 Å². The van der Waals surface area contributed by atoms with Crippen LogP contribution in [0.1, 0.15) is 28.9 Å². The summed E-state index contributed by atoms with van der Waals surface area (Å²) < 4.78 is 27.3. The molecule has 0 aliphatic carbocycles. The highest BCUT2D eigenvalue weighted by atomic mass is 35.5. The molecular weight excluding hydrogens is 300 g/mol. The Labute approximate surface area is 124 Å². The molecule has 3 N–H and O–H groups in total. The Bertz CT molecular complexity index is 674. The number of rotatable bonds is 3. The summed E-state index contributed by atoms with van der Waals surface area (Å²) >= 11 is 5.81. The molecule has 0 spiro atoms. The van der Waals surface area contributed by atoms with Crippen molar-refractivity contribution in [1.82, 2.24) is 10.3 Å². The van der Waals surface area contributed by atoms with Crippen LogP contribution in [0, 0.1) is 11.6 Å². The molecule has 110 valence electrons. The van der Waals surface area contributed by atoms with Gasteiger partial charge in [-0.05, 0) is 25.1 Å². The third-order valence-corrected chi connectivity index (χ3v) is 3.19. The first-order valence-corrected chi connectivity index (χ1v) is 6.43. The first kappa shape index (κ1) is 15.2. The molecule has 0 radical (unpaired) electrons. The number of hydrogen-bond acceptors (Lipinski definition) is 3. The lowest BCUT2D eigenvalue weighted by Gasteiger charge is -2.16. The summed E-state index contributed by atoms with van der Waals surface area (Å²) in [6.45, 7) is 1.47. The number of nitrogens with one attached hydrogen (secondary N) is 1. The van der Waals surface area contributed by atoms with Crippen molar-refractivity contribution >= 4 is 23.2 Å². The van der Waals surface area contributed by atoms with Crippen molar-refractivity contribution in [3.05, 3.63) is 58.4 Å². The lowest BCUT2D eigenvalue weighted by Crippen LogP contribution is -2.28. The predicted molar refractivity (Wildman–Crippen MR) is 75.9 cm³/mol. The number of nitrogens with zero attached hydrogens (tertiary/aromatic N) is 1. The van der Waals surface area contributed by atoms with Gasteiger partial charge in [0, 0.05) is 5.56 Å². The van der Waals surface area contributed by atoms with Crippen LogP contribution in [0.3, 0.4) is 0 Å². The Morgan fingerprint density at radius 2 is 2.00 bits per heavy atom. The van der Waals surface area contributed by atoms with E-state index in [-0.39, 0.29) is 22.0 Å². The molecule has 4 nitrogen and oxygen atoms in total. The molecule has 2 rings (SSSR count). The maximum Gasteiger partial charge on any atom is 0.254 e. The first-order chi connectivity index (χ1) is 9.90. The largest absolute Gasteiger partial charge is 0.397 e. The maximum atomic E-state index is 13.6. The number of nitrogens with two attached hydrogens (primary N) is 1. The zero-order valence-corrected chi connectivity index (χ0v) is 11.8. The van der Waals surface area contributed by atoms with Crippen molar-refractivity contribution < 1.29 is 13.6 Å². The number of pyridine rings is 1. The number of anilines is 1. The summed E-state index contributed by atoms with van der Waals surface area (Å²) in [5.41, 5.74) is 5.61. The van der Waals surface area contributed by atoms with Gasteiger partial charge in [-0.25, -0.2) is 13.8 Å². The van der Waals surface area contributed by atoms with Crippen LogP contribution in [0.15, 0.2) is 30.5 Å². The number of carbonyl (C=O) groups is 1. The molecule has 1 atom stereocenters. The number of halogens is 3. The molecule has 7 heteroatoms. The van der Waals surface area contributed by atoms with Crippen LogP contribution in [0.2, 0.25) is 5.15 Å². The second kappa shape index (κ2) is 6.05. The van der Waals surface area contributed by atoms with Gasteiger partial charge in [0.1, 0.15) is 16.8 Å². The highest BCUT2D eigenvalue weighted by Crippen LogP contribution is 2.22. The summed E-state index contributed by atoms with van der Waals surface area (Å²) in [4.78, 5) is 15.8. The minimum Gasteiger partial charge on any atom is -0.397 e. The molecule has 0 fully saturated rings. The molecule has 1 aromatic carbocycles. The molecule has 0 saturated heterocycles. The highest BCUT2D eigenvalue weighted by molar-refractivity contribution is 6.32. The van der Waals surface area contributed by atoms with Crippen LogP contribution in [0.4, 0.5) is 14.5 Å². The number of nitrogen functional groups attached to an aromatic ring is 1. The molecule has 0 bridgehead atoms. The summed E-state index contributed by atoms with van der Waals surface area (Å²) in [6.07, 6.45) is 1.30. The van der Waals surface area contributed by atoms with Crippen LogP contribution >= 0.6 is 11.6 Å². The van der Waals surface area contributed by atoms with Crippen molar-refractivity contribution in [2.75, 3.05) is 5.73 Å². The minimum absolute atomic E-state index is 0.0390. The van der Waals surface area contributed by atoms with E-state index in [0.717, 1.165) is 12.1 Å². The van der Waals surface area contributed by atoms with Crippen molar-refractivity contribution in [2.45, 2.75) is 13.0 Å². The zero-order chi connectivity index (χ0) is 15.6. The van der Waals surface area contributed by atoms with Crippen LogP contribution in [0.5, 0.6) is 0 Å². The van der Waals surface area contributed by atoms with Crippen LogP contribution in [-0.2, 0) is 0 Å². The van der Waals surface area contributed by atoms with E-state index in [1.54, 1.807) is 0 Å². The molecule has 1 aromatic heterocycles. The molecule has 1 heterocycles. The average molecular weight is 312 g/mol. The predicted octanol–water partition coefficient (Wildman–Crippen LogP) is 3.09. The molecular formula is C14H12ClF2N3O. The fourth-order valence-corrected chi connectivity index (χ4v) is 2.08. The average Bonchev–Trinajstić information content (AvgIpc) is 2.41. The zero-order valence-electron chi connectivity index (χ0n) is 11.0. The summed E-state index contributed by atoms with van der Waals surface area (Å²) in [6, 6.07) is 3.96. The van der Waals surface area contributed by atoms with Crippen molar-refractivity contribution in [3.63, 3.8) is 0 Å². The fourth-order valence-electron chi connectivity index (χ4n) is 1.89. The normalized spacial score (nSPS) is 12.0. The van der Waals surface area contributed by atoms with E-state index in [9.17, 15) is 13.6 Å². The third kappa shape index (κ3) is 3.28. The summed E-state index contributed by atoms with van der Waals surface area (Å²) in [5.74, 6) is -2.09. The monoisotopic (exact) mass is 311 g/mol. The van der Waals surface area contributed by atoms with E-state index < -0.39 is 23.6 Å². The van der Waals surface area contributed by atoms with Gasteiger partial charge in [0.25, 0.3) is 5.91 Å². The Kier molecular flexibility index (Phi) is 4.37. The van der Waals surface area contributed by atoms with Gasteiger partial charge < -0.3 is 11.1 Å². The van der Waals surface area contributed by atoms with Gasteiger partial charge in [-0.3, -0.25) is 4.79 Å². The van der Waals surface area contributed by atoms with Crippen molar-refractivity contribution in [3.8, 4) is 0 Å². The quantitative estimate of drug-likeness (QED) is 0.856. The van der Waals surface area contributed by atoms with E-state index in [0.29, 0.717) is 0 Å². The van der Waals surface area contributed by atoms with Crippen LogP contribution in [-0.4, -0.2) is 10.9 Å². The van der Waals surface area contributed by atoms with Gasteiger partial charge in [-0.15, -0.1) is 0 Å². The highest BCUT2D eigenvalue weighted by Gasteiger charge is 2.20. The molecule has 0 saturated carbocycles. The van der Waals surface area contributed by atoms with Gasteiger partial charge in [0.05, 0.1) is 23.5 Å². The SMILES string of the molecule is CC(NC(=O)c1cc(N)cnc1Cl)c1c(F)cccc1F. The van der Waals surface area contributed by atoms with Gasteiger partial charge >= 0.3 is 0 Å². The Morgan fingerprint density at radius 1 is 1.38 bits per heavy atom. The van der Waals surface area contributed by atoms with Gasteiger partial charge in [-0.2, -0.15) is 0 Å². The van der Waals surface area contributed by atoms with Crippen LogP contribution < -0.4 is 11.1 Å². The number of amides is 1. The van der Waals surface area contributed by atoms with E-state index in [1.165, 1.54) is 25.3 Å². The second-order valence-electron chi connectivity index (χ2n) is 4.44.